The molecule has 9 heteroatoms. The van der Waals surface area contributed by atoms with Crippen LogP contribution in [0.1, 0.15) is 39.9 Å². The Morgan fingerprint density at radius 3 is 2.62 bits per heavy atom. The number of aromatic nitrogens is 1. The molecule has 1 atom stereocenters. The summed E-state index contributed by atoms with van der Waals surface area (Å²) in [5, 5.41) is 11.5. The van der Waals surface area contributed by atoms with Crippen LogP contribution in [-0.2, 0) is 10.0 Å². The number of hydrogen-bond acceptors (Lipinski definition) is 6. The van der Waals surface area contributed by atoms with Crippen LogP contribution >= 0.6 is 11.3 Å². The van der Waals surface area contributed by atoms with Crippen molar-refractivity contribution in [2.45, 2.75) is 31.7 Å². The lowest BCUT2D eigenvalue weighted by Gasteiger charge is -2.12. The Morgan fingerprint density at radius 2 is 2.10 bits per heavy atom. The van der Waals surface area contributed by atoms with E-state index in [1.165, 1.54) is 25.2 Å². The molecule has 0 aliphatic heterocycles. The highest BCUT2D eigenvalue weighted by atomic mass is 32.2. The van der Waals surface area contributed by atoms with Gasteiger partial charge in [0, 0.05) is 11.6 Å². The van der Waals surface area contributed by atoms with E-state index in [4.69, 9.17) is 4.42 Å². The number of carboxylic acid groups (broad SMARTS) is 1. The second kappa shape index (κ2) is 5.58. The summed E-state index contributed by atoms with van der Waals surface area (Å²) in [6, 6.07) is -0.564. The minimum atomic E-state index is -4.03. The van der Waals surface area contributed by atoms with Crippen LogP contribution in [0, 0.1) is 13.8 Å². The van der Waals surface area contributed by atoms with E-state index in [1.54, 1.807) is 18.5 Å². The van der Waals surface area contributed by atoms with Crippen molar-refractivity contribution in [3.8, 4) is 0 Å². The number of aryl methyl sites for hydroxylation is 2. The molecule has 2 heterocycles. The number of carboxylic acids is 1. The number of nitrogens with one attached hydrogen (secondary N) is 1. The Bertz CT molecular complexity index is 762. The number of aromatic carboxylic acids is 1. The predicted molar refractivity (Wildman–Crippen MR) is 76.0 cm³/mol. The predicted octanol–water partition coefficient (Wildman–Crippen LogP) is 2.09. The fourth-order valence-electron chi connectivity index (χ4n) is 2.02. The first kappa shape index (κ1) is 15.7. The largest absolute Gasteiger partial charge is 0.478 e. The first-order valence-electron chi connectivity index (χ1n) is 5.99. The second-order valence-corrected chi connectivity index (χ2v) is 7.01. The number of thiazole rings is 1. The molecule has 0 amide bonds. The zero-order valence-electron chi connectivity index (χ0n) is 11.6. The van der Waals surface area contributed by atoms with Crippen LogP contribution in [0.3, 0.4) is 0 Å². The van der Waals surface area contributed by atoms with E-state index >= 15 is 0 Å². The molecule has 0 aliphatic rings. The maximum atomic E-state index is 12.4. The van der Waals surface area contributed by atoms with Crippen molar-refractivity contribution in [3.05, 3.63) is 33.7 Å². The van der Waals surface area contributed by atoms with E-state index in [0.717, 1.165) is 0 Å². The Kier molecular flexibility index (Phi) is 4.17. The van der Waals surface area contributed by atoms with Crippen LogP contribution in [0.2, 0.25) is 0 Å². The molecule has 0 aliphatic carbocycles. The Balaban J connectivity index is 2.43. The molecule has 0 aromatic carbocycles. The Hall–Kier alpha value is -1.71. The fraction of sp³-hybridized carbons (Fsp3) is 0.333. The zero-order chi connectivity index (χ0) is 15.8. The van der Waals surface area contributed by atoms with Gasteiger partial charge in [-0.15, -0.1) is 11.3 Å². The normalized spacial score (nSPS) is 13.3. The number of hydrogen-bond donors (Lipinski definition) is 2. The van der Waals surface area contributed by atoms with E-state index in [0.29, 0.717) is 5.01 Å². The van der Waals surface area contributed by atoms with Crippen LogP contribution in [0.15, 0.2) is 20.9 Å². The molecular formula is C12H14N2O5S2. The third-order valence-electron chi connectivity index (χ3n) is 2.84. The van der Waals surface area contributed by atoms with Gasteiger partial charge in [0.2, 0.25) is 10.0 Å². The molecule has 2 aromatic heterocycles. The van der Waals surface area contributed by atoms with Crippen molar-refractivity contribution >= 4 is 27.3 Å². The van der Waals surface area contributed by atoms with Gasteiger partial charge in [-0.25, -0.2) is 22.9 Å². The molecule has 21 heavy (non-hydrogen) atoms. The van der Waals surface area contributed by atoms with Gasteiger partial charge in [-0.05, 0) is 20.8 Å². The topological polar surface area (TPSA) is 110 Å². The van der Waals surface area contributed by atoms with Crippen molar-refractivity contribution in [2.24, 2.45) is 0 Å². The van der Waals surface area contributed by atoms with Crippen molar-refractivity contribution in [2.75, 3.05) is 0 Å². The molecule has 0 saturated carbocycles. The summed E-state index contributed by atoms with van der Waals surface area (Å²) >= 11 is 1.31. The number of rotatable bonds is 5. The van der Waals surface area contributed by atoms with E-state index < -0.39 is 22.0 Å². The van der Waals surface area contributed by atoms with Gasteiger partial charge in [0.1, 0.15) is 27.0 Å². The number of carbonyl (C=O) groups is 1. The highest BCUT2D eigenvalue weighted by Gasteiger charge is 2.32. The summed E-state index contributed by atoms with van der Waals surface area (Å²) < 4.78 is 32.5. The molecule has 0 fully saturated rings. The molecule has 2 rings (SSSR count). The Morgan fingerprint density at radius 1 is 1.43 bits per heavy atom. The van der Waals surface area contributed by atoms with Gasteiger partial charge in [-0.3, -0.25) is 0 Å². The first-order valence-corrected chi connectivity index (χ1v) is 8.35. The molecule has 0 radical (unpaired) electrons. The van der Waals surface area contributed by atoms with Crippen LogP contribution in [0.4, 0.5) is 0 Å². The van der Waals surface area contributed by atoms with Crippen molar-refractivity contribution in [3.63, 3.8) is 0 Å². The lowest BCUT2D eigenvalue weighted by molar-refractivity contribution is 0.0691. The van der Waals surface area contributed by atoms with Crippen LogP contribution in [0.25, 0.3) is 0 Å². The molecule has 0 bridgehead atoms. The fourth-order valence-corrected chi connectivity index (χ4v) is 4.36. The van der Waals surface area contributed by atoms with E-state index in [2.05, 4.69) is 9.71 Å². The summed E-state index contributed by atoms with van der Waals surface area (Å²) in [6.07, 6.45) is 1.57. The lowest BCUT2D eigenvalue weighted by atomic mass is 10.2. The molecular weight excluding hydrogens is 316 g/mol. The summed E-state index contributed by atoms with van der Waals surface area (Å²) in [5.74, 6) is -1.24. The van der Waals surface area contributed by atoms with Crippen LogP contribution < -0.4 is 4.72 Å². The summed E-state index contributed by atoms with van der Waals surface area (Å²) in [5.41, 5.74) is -0.341. The standard InChI is InChI=1S/C12H14N2O5S2/c1-6(11-13-4-5-20-11)14-21(17,18)10-8(3)19-7(2)9(10)12(15)16/h4-6,14H,1-3H3,(H,15,16). The summed E-state index contributed by atoms with van der Waals surface area (Å²) in [6.45, 7) is 4.47. The van der Waals surface area contributed by atoms with Crippen LogP contribution in [0.5, 0.6) is 0 Å². The van der Waals surface area contributed by atoms with E-state index in [-0.39, 0.29) is 22.0 Å². The van der Waals surface area contributed by atoms with Crippen molar-refractivity contribution < 1.29 is 22.7 Å². The van der Waals surface area contributed by atoms with Crippen molar-refractivity contribution in [1.29, 1.82) is 0 Å². The molecule has 114 valence electrons. The highest BCUT2D eigenvalue weighted by Crippen LogP contribution is 2.28. The van der Waals surface area contributed by atoms with Gasteiger partial charge >= 0.3 is 5.97 Å². The molecule has 0 spiro atoms. The van der Waals surface area contributed by atoms with E-state index in [1.807, 2.05) is 0 Å². The molecule has 0 saturated heterocycles. The molecule has 2 N–H and O–H groups in total. The van der Waals surface area contributed by atoms with Gasteiger partial charge in [0.05, 0.1) is 6.04 Å². The smallest absolute Gasteiger partial charge is 0.340 e. The van der Waals surface area contributed by atoms with Crippen molar-refractivity contribution in [1.82, 2.24) is 9.71 Å². The van der Waals surface area contributed by atoms with Gasteiger partial charge < -0.3 is 9.52 Å². The quantitative estimate of drug-likeness (QED) is 0.868. The molecule has 2 aromatic rings. The SMILES string of the molecule is Cc1oc(C)c(S(=O)(=O)NC(C)c2nccs2)c1C(=O)O. The number of nitrogens with zero attached hydrogens (tertiary/aromatic N) is 1. The average Bonchev–Trinajstić information content (AvgIpc) is 2.95. The highest BCUT2D eigenvalue weighted by molar-refractivity contribution is 7.89. The minimum Gasteiger partial charge on any atom is -0.478 e. The molecule has 1 unspecified atom stereocenters. The first-order chi connectivity index (χ1) is 9.74. The Labute approximate surface area is 125 Å². The minimum absolute atomic E-state index is 0.0451. The monoisotopic (exact) mass is 330 g/mol. The zero-order valence-corrected chi connectivity index (χ0v) is 13.2. The summed E-state index contributed by atoms with van der Waals surface area (Å²) in [7, 11) is -4.03. The van der Waals surface area contributed by atoms with E-state index in [9.17, 15) is 18.3 Å². The molecule has 7 nitrogen and oxygen atoms in total. The third-order valence-corrected chi connectivity index (χ3v) is 5.49. The maximum absolute atomic E-state index is 12.4. The van der Waals surface area contributed by atoms with Gasteiger partial charge in [0.25, 0.3) is 0 Å². The van der Waals surface area contributed by atoms with Gasteiger partial charge in [-0.2, -0.15) is 0 Å². The lowest BCUT2D eigenvalue weighted by Crippen LogP contribution is -2.28. The second-order valence-electron chi connectivity index (χ2n) is 4.44. The summed E-state index contributed by atoms with van der Waals surface area (Å²) in [4.78, 5) is 14.9. The van der Waals surface area contributed by atoms with Gasteiger partial charge in [0.15, 0.2) is 0 Å². The number of sulfonamides is 1. The van der Waals surface area contributed by atoms with Gasteiger partial charge in [-0.1, -0.05) is 0 Å². The average molecular weight is 330 g/mol. The van der Waals surface area contributed by atoms with Crippen LogP contribution in [-0.4, -0.2) is 24.5 Å². The number of furan rings is 1. The third kappa shape index (κ3) is 2.99. The maximum Gasteiger partial charge on any atom is 0.340 e.